The summed E-state index contributed by atoms with van der Waals surface area (Å²) in [6.07, 6.45) is 2.61. The molecule has 0 aromatic rings. The van der Waals surface area contributed by atoms with Crippen molar-refractivity contribution in [2.24, 2.45) is 0 Å². The van der Waals surface area contributed by atoms with E-state index in [0.29, 0.717) is 17.5 Å². The molecule has 2 nitrogen and oxygen atoms in total. The third kappa shape index (κ3) is 4.33. The van der Waals surface area contributed by atoms with Crippen LogP contribution in [0.5, 0.6) is 0 Å². The van der Waals surface area contributed by atoms with Gasteiger partial charge < -0.3 is 0 Å². The molecule has 74 valence electrons. The molecule has 0 rings (SSSR count). The Morgan fingerprint density at radius 1 is 1.17 bits per heavy atom. The van der Waals surface area contributed by atoms with E-state index in [9.17, 15) is 0 Å². The fraction of sp³-hybridized carbons (Fsp3) is 1.00. The van der Waals surface area contributed by atoms with Crippen LogP contribution < -0.4 is 5.32 Å². The van der Waals surface area contributed by atoms with Gasteiger partial charge in [-0.15, -0.1) is 0 Å². The lowest BCUT2D eigenvalue weighted by Gasteiger charge is -2.28. The molecule has 0 aliphatic rings. The molecule has 0 spiro atoms. The van der Waals surface area contributed by atoms with E-state index in [1.165, 1.54) is 0 Å². The summed E-state index contributed by atoms with van der Waals surface area (Å²) in [5, 5.41) is 4.21. The molecule has 0 saturated carbocycles. The van der Waals surface area contributed by atoms with Crippen molar-refractivity contribution in [2.75, 3.05) is 20.4 Å². The van der Waals surface area contributed by atoms with E-state index < -0.39 is 0 Å². The number of rotatable bonds is 5. The average Bonchev–Trinajstić information content (AvgIpc) is 2.02. The first kappa shape index (κ1) is 12.3. The second-order valence-electron chi connectivity index (χ2n) is 3.54. The van der Waals surface area contributed by atoms with Crippen LogP contribution in [0.2, 0.25) is 0 Å². The van der Waals surface area contributed by atoms with Crippen molar-refractivity contribution in [3.8, 4) is 0 Å². The molecule has 3 atom stereocenters. The van der Waals surface area contributed by atoms with Crippen molar-refractivity contribution in [3.63, 3.8) is 0 Å². The van der Waals surface area contributed by atoms with Crippen molar-refractivity contribution in [2.45, 2.75) is 38.2 Å². The molecule has 0 saturated heterocycles. The Kier molecular flexibility index (Phi) is 5.97. The second-order valence-corrected chi connectivity index (χ2v) is 4.75. The predicted molar refractivity (Wildman–Crippen MR) is 58.7 cm³/mol. The monoisotopic (exact) mass is 190 g/mol. The van der Waals surface area contributed by atoms with Gasteiger partial charge in [-0.2, -0.15) is 11.8 Å². The highest BCUT2D eigenvalue weighted by Crippen LogP contribution is 2.10. The van der Waals surface area contributed by atoms with Gasteiger partial charge in [-0.1, -0.05) is 6.92 Å². The number of thioether (sulfide) groups is 1. The van der Waals surface area contributed by atoms with Gasteiger partial charge in [0.05, 0.1) is 6.17 Å². The normalized spacial score (nSPS) is 19.2. The van der Waals surface area contributed by atoms with E-state index in [1.807, 2.05) is 11.8 Å². The third-order valence-electron chi connectivity index (χ3n) is 2.35. The van der Waals surface area contributed by atoms with E-state index in [1.54, 1.807) is 0 Å². The zero-order valence-corrected chi connectivity index (χ0v) is 9.90. The van der Waals surface area contributed by atoms with E-state index >= 15 is 0 Å². The highest BCUT2D eigenvalue weighted by Gasteiger charge is 2.13. The molecule has 0 aliphatic heterocycles. The van der Waals surface area contributed by atoms with Gasteiger partial charge in [0.1, 0.15) is 0 Å². The van der Waals surface area contributed by atoms with Crippen LogP contribution in [0.15, 0.2) is 0 Å². The van der Waals surface area contributed by atoms with Gasteiger partial charge in [0.2, 0.25) is 0 Å². The van der Waals surface area contributed by atoms with E-state index in [2.05, 4.69) is 51.3 Å². The summed E-state index contributed by atoms with van der Waals surface area (Å²) in [6.45, 7) is 6.68. The fourth-order valence-corrected chi connectivity index (χ4v) is 1.36. The number of hydrogen-bond acceptors (Lipinski definition) is 3. The first-order valence-electron chi connectivity index (χ1n) is 4.44. The minimum atomic E-state index is 0.453. The molecule has 3 heteroatoms. The van der Waals surface area contributed by atoms with Crippen LogP contribution in [0.3, 0.4) is 0 Å². The zero-order chi connectivity index (χ0) is 9.72. The average molecular weight is 190 g/mol. The molecular formula is C9H22N2S. The van der Waals surface area contributed by atoms with Gasteiger partial charge in [0.15, 0.2) is 0 Å². The Bertz CT molecular complexity index is 117. The quantitative estimate of drug-likeness (QED) is 0.663. The largest absolute Gasteiger partial charge is 0.298 e. The molecular weight excluding hydrogens is 168 g/mol. The summed E-state index contributed by atoms with van der Waals surface area (Å²) < 4.78 is 0. The maximum atomic E-state index is 3.54. The Morgan fingerprint density at radius 2 is 1.67 bits per heavy atom. The second kappa shape index (κ2) is 5.84. The van der Waals surface area contributed by atoms with Crippen LogP contribution in [0.25, 0.3) is 0 Å². The lowest BCUT2D eigenvalue weighted by molar-refractivity contribution is 0.246. The minimum Gasteiger partial charge on any atom is -0.298 e. The highest BCUT2D eigenvalue weighted by molar-refractivity contribution is 7.99. The predicted octanol–water partition coefficient (Wildman–Crippen LogP) is 1.62. The Hall–Kier alpha value is 0.270. The number of hydrogen-bond donors (Lipinski definition) is 1. The topological polar surface area (TPSA) is 15.3 Å². The SMILES string of the molecule is CSC(C)C(C)NC(C)N(C)C. The molecule has 0 bridgehead atoms. The molecule has 1 N–H and O–H groups in total. The minimum absolute atomic E-state index is 0.453. The van der Waals surface area contributed by atoms with E-state index in [0.717, 1.165) is 0 Å². The van der Waals surface area contributed by atoms with E-state index in [-0.39, 0.29) is 0 Å². The Labute approximate surface area is 81.1 Å². The lowest BCUT2D eigenvalue weighted by Crippen LogP contribution is -2.46. The van der Waals surface area contributed by atoms with Crippen molar-refractivity contribution in [1.82, 2.24) is 10.2 Å². The number of nitrogens with one attached hydrogen (secondary N) is 1. The van der Waals surface area contributed by atoms with E-state index in [4.69, 9.17) is 0 Å². The maximum absolute atomic E-state index is 3.54. The van der Waals surface area contributed by atoms with Crippen LogP contribution in [-0.2, 0) is 0 Å². The molecule has 0 aromatic heterocycles. The zero-order valence-electron chi connectivity index (χ0n) is 9.09. The molecule has 12 heavy (non-hydrogen) atoms. The van der Waals surface area contributed by atoms with Gasteiger partial charge in [-0.25, -0.2) is 0 Å². The Morgan fingerprint density at radius 3 is 2.00 bits per heavy atom. The third-order valence-corrected chi connectivity index (χ3v) is 3.51. The fourth-order valence-electron chi connectivity index (χ4n) is 0.869. The van der Waals surface area contributed by atoms with Crippen LogP contribution in [0, 0.1) is 0 Å². The maximum Gasteiger partial charge on any atom is 0.0565 e. The first-order chi connectivity index (χ1) is 5.49. The first-order valence-corrected chi connectivity index (χ1v) is 5.73. The molecule has 0 radical (unpaired) electrons. The molecule has 0 amide bonds. The summed E-state index contributed by atoms with van der Waals surface area (Å²) in [5.41, 5.74) is 0. The Balaban J connectivity index is 3.75. The molecule has 0 aromatic carbocycles. The van der Waals surface area contributed by atoms with Crippen molar-refractivity contribution in [1.29, 1.82) is 0 Å². The van der Waals surface area contributed by atoms with Gasteiger partial charge >= 0.3 is 0 Å². The van der Waals surface area contributed by atoms with Crippen molar-refractivity contribution in [3.05, 3.63) is 0 Å². The molecule has 0 fully saturated rings. The van der Waals surface area contributed by atoms with Gasteiger partial charge in [0, 0.05) is 11.3 Å². The van der Waals surface area contributed by atoms with Crippen LogP contribution in [0.4, 0.5) is 0 Å². The molecule has 0 heterocycles. The van der Waals surface area contributed by atoms with Gasteiger partial charge in [-0.3, -0.25) is 10.2 Å². The van der Waals surface area contributed by atoms with Gasteiger partial charge in [0.25, 0.3) is 0 Å². The van der Waals surface area contributed by atoms with Crippen LogP contribution >= 0.6 is 11.8 Å². The lowest BCUT2D eigenvalue weighted by atomic mass is 10.2. The summed E-state index contributed by atoms with van der Waals surface area (Å²) >= 11 is 1.91. The smallest absolute Gasteiger partial charge is 0.0565 e. The van der Waals surface area contributed by atoms with Crippen molar-refractivity contribution < 1.29 is 0 Å². The summed E-state index contributed by atoms with van der Waals surface area (Å²) in [4.78, 5) is 2.18. The number of nitrogens with zero attached hydrogens (tertiary/aromatic N) is 1. The molecule has 0 aliphatic carbocycles. The van der Waals surface area contributed by atoms with Crippen molar-refractivity contribution >= 4 is 11.8 Å². The summed E-state index contributed by atoms with van der Waals surface area (Å²) in [5.74, 6) is 0. The van der Waals surface area contributed by atoms with Gasteiger partial charge in [-0.05, 0) is 34.2 Å². The highest BCUT2D eigenvalue weighted by atomic mass is 32.2. The molecule has 3 unspecified atom stereocenters. The summed E-state index contributed by atoms with van der Waals surface area (Å²) in [6, 6.07) is 0.567. The summed E-state index contributed by atoms with van der Waals surface area (Å²) in [7, 11) is 4.18. The standard InChI is InChI=1S/C9H22N2S/c1-7(8(2)12-6)10-9(3)11(4)5/h7-10H,1-6H3. The van der Waals surface area contributed by atoms with Crippen LogP contribution in [-0.4, -0.2) is 42.7 Å². The van der Waals surface area contributed by atoms with Crippen LogP contribution in [0.1, 0.15) is 20.8 Å².